The summed E-state index contributed by atoms with van der Waals surface area (Å²) in [4.78, 5) is 12.0. The third kappa shape index (κ3) is 3.45. The number of nitrogens with zero attached hydrogens (tertiary/aromatic N) is 2. The molecule has 1 aromatic carbocycles. The second-order valence-corrected chi connectivity index (χ2v) is 5.16. The Bertz CT molecular complexity index is 554. The van der Waals surface area contributed by atoms with Crippen molar-refractivity contribution < 1.29 is 23.5 Å². The number of morpholine rings is 1. The van der Waals surface area contributed by atoms with E-state index < -0.39 is 16.4 Å². The highest BCUT2D eigenvalue weighted by Gasteiger charge is 2.29. The number of rotatable bonds is 5. The summed E-state index contributed by atoms with van der Waals surface area (Å²) < 4.78 is 30.1. The highest BCUT2D eigenvalue weighted by Crippen LogP contribution is 2.35. The lowest BCUT2D eigenvalue weighted by molar-refractivity contribution is -0.385. The van der Waals surface area contributed by atoms with Gasteiger partial charge in [-0.05, 0) is 6.92 Å². The molecule has 0 spiro atoms. The first-order chi connectivity index (χ1) is 10.5. The fourth-order valence-electron chi connectivity index (χ4n) is 2.60. The molecule has 0 aliphatic carbocycles. The fraction of sp³-hybridized carbons (Fsp3) is 0.571. The first-order valence-corrected chi connectivity index (χ1v) is 6.87. The topological polar surface area (TPSA) is 74.1 Å². The smallest absolute Gasteiger partial charge is 0.313 e. The molecular formula is C14H19FN2O5. The van der Waals surface area contributed by atoms with Crippen LogP contribution < -0.4 is 9.64 Å². The van der Waals surface area contributed by atoms with Crippen LogP contribution in [0.1, 0.15) is 6.92 Å². The number of anilines is 1. The van der Waals surface area contributed by atoms with E-state index in [1.54, 1.807) is 12.0 Å². The molecule has 0 amide bonds. The first-order valence-electron chi connectivity index (χ1n) is 6.87. The highest BCUT2D eigenvalue weighted by molar-refractivity contribution is 5.60. The summed E-state index contributed by atoms with van der Waals surface area (Å²) in [6.45, 7) is 3.20. The molecule has 1 aliphatic heterocycles. The maximum atomic E-state index is 14.3. The van der Waals surface area contributed by atoms with Crippen molar-refractivity contribution in [2.24, 2.45) is 0 Å². The largest absolute Gasteiger partial charge is 0.490 e. The Morgan fingerprint density at radius 1 is 1.45 bits per heavy atom. The van der Waals surface area contributed by atoms with Crippen LogP contribution in [0.25, 0.3) is 0 Å². The van der Waals surface area contributed by atoms with Crippen molar-refractivity contribution in [3.05, 3.63) is 28.1 Å². The molecule has 1 aliphatic rings. The molecule has 2 rings (SSSR count). The van der Waals surface area contributed by atoms with Crippen LogP contribution in [-0.2, 0) is 9.47 Å². The van der Waals surface area contributed by atoms with Crippen LogP contribution in [0.4, 0.5) is 15.8 Å². The molecule has 8 heteroatoms. The maximum Gasteiger partial charge on any atom is 0.313 e. The van der Waals surface area contributed by atoms with Crippen molar-refractivity contribution in [3.8, 4) is 5.75 Å². The molecule has 22 heavy (non-hydrogen) atoms. The van der Waals surface area contributed by atoms with E-state index in [2.05, 4.69) is 0 Å². The molecule has 1 heterocycles. The van der Waals surface area contributed by atoms with Gasteiger partial charge in [0.2, 0.25) is 0 Å². The van der Waals surface area contributed by atoms with Crippen LogP contribution >= 0.6 is 0 Å². The standard InChI is InChI=1S/C14H19FN2O5/c1-9-6-16(7-10(22-9)8-20-2)12-5-14(21-3)13(17(18)19)4-11(12)15/h4-5,9-10H,6-8H2,1-3H3. The third-order valence-corrected chi connectivity index (χ3v) is 3.46. The first kappa shape index (κ1) is 16.4. The molecule has 0 aromatic heterocycles. The van der Waals surface area contributed by atoms with E-state index in [4.69, 9.17) is 14.2 Å². The Kier molecular flexibility index (Phi) is 5.15. The predicted molar refractivity (Wildman–Crippen MR) is 78.0 cm³/mol. The molecule has 7 nitrogen and oxygen atoms in total. The van der Waals surface area contributed by atoms with Gasteiger partial charge in [0.15, 0.2) is 11.6 Å². The van der Waals surface area contributed by atoms with Crippen molar-refractivity contribution in [1.29, 1.82) is 0 Å². The molecule has 0 radical (unpaired) electrons. The van der Waals surface area contributed by atoms with Gasteiger partial charge < -0.3 is 19.1 Å². The van der Waals surface area contributed by atoms with Gasteiger partial charge in [-0.25, -0.2) is 4.39 Å². The van der Waals surface area contributed by atoms with Gasteiger partial charge in [-0.2, -0.15) is 0 Å². The van der Waals surface area contributed by atoms with Crippen molar-refractivity contribution in [2.75, 3.05) is 38.8 Å². The SMILES string of the molecule is COCC1CN(c2cc(OC)c([N+](=O)[O-])cc2F)CC(C)O1. The number of benzene rings is 1. The Morgan fingerprint density at radius 2 is 2.18 bits per heavy atom. The van der Waals surface area contributed by atoms with Crippen LogP contribution in [0.15, 0.2) is 12.1 Å². The lowest BCUT2D eigenvalue weighted by Crippen LogP contribution is -2.48. The number of nitro benzene ring substituents is 1. The minimum atomic E-state index is -0.665. The van der Waals surface area contributed by atoms with Gasteiger partial charge in [0.05, 0.1) is 42.6 Å². The summed E-state index contributed by atoms with van der Waals surface area (Å²) in [6.07, 6.45) is -0.288. The van der Waals surface area contributed by atoms with Crippen LogP contribution in [-0.4, -0.2) is 51.0 Å². The highest BCUT2D eigenvalue weighted by atomic mass is 19.1. The predicted octanol–water partition coefficient (Wildman–Crippen LogP) is 1.98. The maximum absolute atomic E-state index is 14.3. The van der Waals surface area contributed by atoms with E-state index in [-0.39, 0.29) is 23.6 Å². The Morgan fingerprint density at radius 3 is 2.77 bits per heavy atom. The second-order valence-electron chi connectivity index (χ2n) is 5.16. The lowest BCUT2D eigenvalue weighted by atomic mass is 10.1. The van der Waals surface area contributed by atoms with E-state index in [9.17, 15) is 14.5 Å². The molecule has 122 valence electrons. The van der Waals surface area contributed by atoms with Crippen molar-refractivity contribution >= 4 is 11.4 Å². The quantitative estimate of drug-likeness (QED) is 0.611. The summed E-state index contributed by atoms with van der Waals surface area (Å²) in [6, 6.07) is 2.25. The summed E-state index contributed by atoms with van der Waals surface area (Å²) >= 11 is 0. The molecular weight excluding hydrogens is 295 g/mol. The molecule has 1 saturated heterocycles. The van der Waals surface area contributed by atoms with Gasteiger partial charge in [-0.1, -0.05) is 0 Å². The summed E-state index contributed by atoms with van der Waals surface area (Å²) in [5, 5.41) is 10.9. The summed E-state index contributed by atoms with van der Waals surface area (Å²) in [5.74, 6) is -0.624. The Balaban J connectivity index is 2.32. The second kappa shape index (κ2) is 6.89. The zero-order valence-electron chi connectivity index (χ0n) is 12.7. The van der Waals surface area contributed by atoms with Crippen LogP contribution in [0.3, 0.4) is 0 Å². The number of hydrogen-bond acceptors (Lipinski definition) is 6. The third-order valence-electron chi connectivity index (χ3n) is 3.46. The van der Waals surface area contributed by atoms with Gasteiger partial charge in [0.1, 0.15) is 0 Å². The molecule has 0 N–H and O–H groups in total. The minimum Gasteiger partial charge on any atom is -0.490 e. The van der Waals surface area contributed by atoms with Crippen molar-refractivity contribution in [2.45, 2.75) is 19.1 Å². The monoisotopic (exact) mass is 314 g/mol. The van der Waals surface area contributed by atoms with Gasteiger partial charge in [0, 0.05) is 26.3 Å². The molecule has 2 atom stereocenters. The van der Waals surface area contributed by atoms with Crippen molar-refractivity contribution in [1.82, 2.24) is 0 Å². The van der Waals surface area contributed by atoms with Gasteiger partial charge >= 0.3 is 5.69 Å². The summed E-state index contributed by atoms with van der Waals surface area (Å²) in [5.41, 5.74) is -0.128. The molecule has 0 saturated carbocycles. The summed E-state index contributed by atoms with van der Waals surface area (Å²) in [7, 11) is 2.89. The van der Waals surface area contributed by atoms with E-state index >= 15 is 0 Å². The average molecular weight is 314 g/mol. The number of hydrogen-bond donors (Lipinski definition) is 0. The van der Waals surface area contributed by atoms with Crippen LogP contribution in [0.2, 0.25) is 0 Å². The van der Waals surface area contributed by atoms with E-state index in [0.29, 0.717) is 19.7 Å². The molecule has 2 unspecified atom stereocenters. The normalized spacial score (nSPS) is 21.7. The van der Waals surface area contributed by atoms with E-state index in [1.165, 1.54) is 13.2 Å². The zero-order chi connectivity index (χ0) is 16.3. The number of ether oxygens (including phenoxy) is 3. The minimum absolute atomic E-state index is 0.0313. The van der Waals surface area contributed by atoms with E-state index in [1.807, 2.05) is 6.92 Å². The van der Waals surface area contributed by atoms with E-state index in [0.717, 1.165) is 6.07 Å². The Labute approximate surface area is 127 Å². The van der Waals surface area contributed by atoms with Gasteiger partial charge in [-0.15, -0.1) is 0 Å². The van der Waals surface area contributed by atoms with Gasteiger partial charge in [0.25, 0.3) is 0 Å². The van der Waals surface area contributed by atoms with Crippen molar-refractivity contribution in [3.63, 3.8) is 0 Å². The van der Waals surface area contributed by atoms with Crippen LogP contribution in [0.5, 0.6) is 5.75 Å². The average Bonchev–Trinajstić information content (AvgIpc) is 2.46. The molecule has 1 fully saturated rings. The molecule has 0 bridgehead atoms. The number of nitro groups is 1. The van der Waals surface area contributed by atoms with Gasteiger partial charge in [-0.3, -0.25) is 10.1 Å². The molecule has 1 aromatic rings. The number of halogens is 1. The van der Waals surface area contributed by atoms with Crippen LogP contribution in [0, 0.1) is 15.9 Å². The number of methoxy groups -OCH3 is 2. The zero-order valence-corrected chi connectivity index (χ0v) is 12.7. The Hall–Kier alpha value is -1.93. The fourth-order valence-corrected chi connectivity index (χ4v) is 2.60. The lowest BCUT2D eigenvalue weighted by Gasteiger charge is -2.38.